The Morgan fingerprint density at radius 2 is 1.79 bits per heavy atom. The summed E-state index contributed by atoms with van der Waals surface area (Å²) in [6.45, 7) is 4.18. The van der Waals surface area contributed by atoms with Gasteiger partial charge in [0.1, 0.15) is 0 Å². The van der Waals surface area contributed by atoms with Crippen LogP contribution in [0.25, 0.3) is 0 Å². The molecule has 0 bridgehead atoms. The number of aryl methyl sites for hydroxylation is 1. The first kappa shape index (κ1) is 14.5. The third kappa shape index (κ3) is 2.84. The molecule has 0 amide bonds. The van der Waals surface area contributed by atoms with Gasteiger partial charge < -0.3 is 0 Å². The minimum absolute atomic E-state index is 0.0504. The van der Waals surface area contributed by atoms with Gasteiger partial charge in [-0.2, -0.15) is 8.42 Å². The highest BCUT2D eigenvalue weighted by Gasteiger charge is 2.34. The van der Waals surface area contributed by atoms with Crippen molar-refractivity contribution in [1.29, 1.82) is 0 Å². The van der Waals surface area contributed by atoms with Crippen LogP contribution in [0.15, 0.2) is 23.1 Å². The predicted molar refractivity (Wildman–Crippen MR) is 75.8 cm³/mol. The minimum Gasteiger partial charge on any atom is -0.270 e. The lowest BCUT2D eigenvalue weighted by Gasteiger charge is -2.35. The Hall–Kier alpha value is -0.870. The molecule has 1 aliphatic rings. The van der Waals surface area contributed by atoms with E-state index in [1.54, 1.807) is 6.07 Å². The van der Waals surface area contributed by atoms with Crippen LogP contribution in [0.2, 0.25) is 0 Å². The molecule has 1 aliphatic carbocycles. The van der Waals surface area contributed by atoms with Gasteiger partial charge in [0.25, 0.3) is 10.1 Å². The average Bonchev–Trinajstić information content (AvgIpc) is 2.39. The Kier molecular flexibility index (Phi) is 4.02. The summed E-state index contributed by atoms with van der Waals surface area (Å²) >= 11 is 0. The fraction of sp³-hybridized carbons (Fsp3) is 0.600. The number of benzene rings is 1. The largest absolute Gasteiger partial charge is 0.297 e. The van der Waals surface area contributed by atoms with E-state index in [4.69, 9.17) is 4.18 Å². The molecule has 0 N–H and O–H groups in total. The Bertz CT molecular complexity index is 555. The van der Waals surface area contributed by atoms with Crippen molar-refractivity contribution in [3.8, 4) is 0 Å². The van der Waals surface area contributed by atoms with Gasteiger partial charge in [-0.25, -0.2) is 0 Å². The van der Waals surface area contributed by atoms with E-state index >= 15 is 0 Å². The zero-order valence-electron chi connectivity index (χ0n) is 11.9. The molecule has 1 aromatic carbocycles. The van der Waals surface area contributed by atoms with Crippen molar-refractivity contribution in [3.63, 3.8) is 0 Å². The molecule has 0 aromatic heterocycles. The molecule has 0 unspecified atom stereocenters. The van der Waals surface area contributed by atoms with Crippen LogP contribution < -0.4 is 0 Å². The number of hydrogen-bond acceptors (Lipinski definition) is 3. The van der Waals surface area contributed by atoms with Gasteiger partial charge in [0.05, 0.1) is 12.0 Å². The second-order valence-corrected chi connectivity index (χ2v) is 7.42. The molecule has 0 atom stereocenters. The summed E-state index contributed by atoms with van der Waals surface area (Å²) in [5.41, 5.74) is 1.97. The van der Waals surface area contributed by atoms with Crippen LogP contribution in [0, 0.1) is 6.92 Å². The Morgan fingerprint density at radius 3 is 2.37 bits per heavy atom. The number of rotatable bonds is 3. The highest BCUT2D eigenvalue weighted by atomic mass is 32.2. The highest BCUT2D eigenvalue weighted by Crippen LogP contribution is 2.42. The molecule has 0 heterocycles. The average molecular weight is 282 g/mol. The van der Waals surface area contributed by atoms with Crippen molar-refractivity contribution < 1.29 is 12.6 Å². The lowest BCUT2D eigenvalue weighted by atomic mass is 9.71. The fourth-order valence-corrected chi connectivity index (χ4v) is 4.01. The molecular weight excluding hydrogens is 260 g/mol. The third-order valence-corrected chi connectivity index (χ3v) is 5.56. The topological polar surface area (TPSA) is 43.4 Å². The monoisotopic (exact) mass is 282 g/mol. The zero-order valence-corrected chi connectivity index (χ0v) is 12.7. The van der Waals surface area contributed by atoms with Gasteiger partial charge in [-0.1, -0.05) is 43.9 Å². The Morgan fingerprint density at radius 1 is 1.16 bits per heavy atom. The minimum atomic E-state index is -3.63. The first-order valence-electron chi connectivity index (χ1n) is 6.81. The first-order valence-corrected chi connectivity index (χ1v) is 8.22. The Labute approximate surface area is 116 Å². The van der Waals surface area contributed by atoms with Gasteiger partial charge in [0, 0.05) is 0 Å². The van der Waals surface area contributed by atoms with Gasteiger partial charge in [-0.15, -0.1) is 0 Å². The predicted octanol–water partition coefficient (Wildman–Crippen LogP) is 3.55. The van der Waals surface area contributed by atoms with Crippen LogP contribution in [0.1, 0.15) is 50.2 Å². The van der Waals surface area contributed by atoms with E-state index in [1.165, 1.54) is 13.5 Å². The summed E-state index contributed by atoms with van der Waals surface area (Å²) in [5.74, 6) is 0. The van der Waals surface area contributed by atoms with Crippen molar-refractivity contribution in [3.05, 3.63) is 29.3 Å². The molecule has 0 radical (unpaired) electrons. The molecule has 1 fully saturated rings. The maximum atomic E-state index is 12.1. The molecule has 3 nitrogen and oxygen atoms in total. The summed E-state index contributed by atoms with van der Waals surface area (Å²) in [6, 6.07) is 5.53. The quantitative estimate of drug-likeness (QED) is 0.796. The molecule has 4 heteroatoms. The van der Waals surface area contributed by atoms with Gasteiger partial charge in [-0.3, -0.25) is 4.18 Å². The molecular formula is C15H22O3S. The summed E-state index contributed by atoms with van der Waals surface area (Å²) < 4.78 is 28.9. The lowest BCUT2D eigenvalue weighted by molar-refractivity contribution is 0.312. The second-order valence-electron chi connectivity index (χ2n) is 5.74. The van der Waals surface area contributed by atoms with Crippen molar-refractivity contribution >= 4 is 10.1 Å². The first-order chi connectivity index (χ1) is 8.89. The van der Waals surface area contributed by atoms with E-state index < -0.39 is 10.1 Å². The smallest absolute Gasteiger partial charge is 0.270 e. The Balaban J connectivity index is 2.58. The molecule has 1 saturated carbocycles. The van der Waals surface area contributed by atoms with Gasteiger partial charge in [0.2, 0.25) is 0 Å². The van der Waals surface area contributed by atoms with Crippen molar-refractivity contribution in [2.75, 3.05) is 7.11 Å². The van der Waals surface area contributed by atoms with E-state index in [1.807, 2.05) is 19.1 Å². The SMILES string of the molecule is COS(=O)(=O)c1ccc(C)cc1C1(C)CCCCC1. The van der Waals surface area contributed by atoms with Crippen molar-refractivity contribution in [2.45, 2.75) is 56.3 Å². The van der Waals surface area contributed by atoms with Crippen LogP contribution in [-0.2, 0) is 19.7 Å². The van der Waals surface area contributed by atoms with Crippen LogP contribution in [0.3, 0.4) is 0 Å². The molecule has 2 rings (SSSR count). The van der Waals surface area contributed by atoms with Crippen LogP contribution in [0.4, 0.5) is 0 Å². The van der Waals surface area contributed by atoms with E-state index in [0.29, 0.717) is 4.90 Å². The van der Waals surface area contributed by atoms with Crippen molar-refractivity contribution in [1.82, 2.24) is 0 Å². The van der Waals surface area contributed by atoms with E-state index in [2.05, 4.69) is 6.92 Å². The molecule has 0 saturated heterocycles. The summed E-state index contributed by atoms with van der Waals surface area (Å²) in [4.78, 5) is 0.338. The maximum absolute atomic E-state index is 12.1. The van der Waals surface area contributed by atoms with E-state index in [-0.39, 0.29) is 5.41 Å². The molecule has 0 aliphatic heterocycles. The maximum Gasteiger partial charge on any atom is 0.297 e. The fourth-order valence-electron chi connectivity index (χ4n) is 3.02. The van der Waals surface area contributed by atoms with Crippen LogP contribution >= 0.6 is 0 Å². The van der Waals surface area contributed by atoms with Gasteiger partial charge in [0.15, 0.2) is 0 Å². The second kappa shape index (κ2) is 5.25. The normalized spacial score (nSPS) is 19.3. The van der Waals surface area contributed by atoms with Crippen LogP contribution in [0.5, 0.6) is 0 Å². The third-order valence-electron chi connectivity index (χ3n) is 4.23. The molecule has 106 valence electrons. The summed E-state index contributed by atoms with van der Waals surface area (Å²) in [6.07, 6.45) is 5.66. The zero-order chi connectivity index (χ0) is 14.1. The van der Waals surface area contributed by atoms with E-state index in [9.17, 15) is 8.42 Å². The summed E-state index contributed by atoms with van der Waals surface area (Å²) in [5, 5.41) is 0. The summed E-state index contributed by atoms with van der Waals surface area (Å²) in [7, 11) is -2.41. The molecule has 0 spiro atoms. The van der Waals surface area contributed by atoms with Gasteiger partial charge in [-0.05, 0) is 36.8 Å². The highest BCUT2D eigenvalue weighted by molar-refractivity contribution is 7.86. The van der Waals surface area contributed by atoms with Crippen molar-refractivity contribution in [2.24, 2.45) is 0 Å². The number of hydrogen-bond donors (Lipinski definition) is 0. The van der Waals surface area contributed by atoms with E-state index in [0.717, 1.165) is 36.8 Å². The lowest BCUT2D eigenvalue weighted by Crippen LogP contribution is -2.27. The molecule has 1 aromatic rings. The van der Waals surface area contributed by atoms with Gasteiger partial charge >= 0.3 is 0 Å². The van der Waals surface area contributed by atoms with Crippen LogP contribution in [-0.4, -0.2) is 15.5 Å². The standard InChI is InChI=1S/C15H22O3S/c1-12-7-8-14(19(16,17)18-3)13(11-12)15(2)9-5-4-6-10-15/h7-8,11H,4-6,9-10H2,1-3H3. The molecule has 19 heavy (non-hydrogen) atoms.